The second kappa shape index (κ2) is 7.74. The summed E-state index contributed by atoms with van der Waals surface area (Å²) in [5.41, 5.74) is 0.678. The number of halogens is 1. The highest BCUT2D eigenvalue weighted by Crippen LogP contribution is 2.22. The van der Waals surface area contributed by atoms with Gasteiger partial charge in [0.2, 0.25) is 10.0 Å². The smallest absolute Gasteiger partial charge is 0.241 e. The van der Waals surface area contributed by atoms with E-state index in [1.165, 1.54) is 12.1 Å². The summed E-state index contributed by atoms with van der Waals surface area (Å²) in [6, 6.07) is 11.2. The number of thioether (sulfide) groups is 1. The summed E-state index contributed by atoms with van der Waals surface area (Å²) in [7, 11) is -3.70. The van der Waals surface area contributed by atoms with Gasteiger partial charge in [0, 0.05) is 11.2 Å². The zero-order valence-corrected chi connectivity index (χ0v) is 15.9. The molecule has 0 spiro atoms. The standard InChI is InChI=1S/C16H17ClN4O2S2/c1-24-11-9-14(16-19-18-15-4-2-3-10-21(15)16)20-25(22,23)13-7-5-12(17)6-8-13/h2-8,10,14,20H,9,11H2,1H3. The molecule has 0 saturated heterocycles. The molecule has 132 valence electrons. The number of hydrogen-bond donors (Lipinski definition) is 1. The second-order valence-electron chi connectivity index (χ2n) is 5.40. The van der Waals surface area contributed by atoms with Crippen molar-refractivity contribution in [3.05, 3.63) is 59.5 Å². The van der Waals surface area contributed by atoms with Crippen LogP contribution in [-0.4, -0.2) is 35.0 Å². The Morgan fingerprint density at radius 1 is 1.20 bits per heavy atom. The maximum Gasteiger partial charge on any atom is 0.241 e. The van der Waals surface area contributed by atoms with Crippen LogP contribution in [0.5, 0.6) is 0 Å². The zero-order valence-electron chi connectivity index (χ0n) is 13.5. The quantitative estimate of drug-likeness (QED) is 0.663. The van der Waals surface area contributed by atoms with Crippen LogP contribution in [0.15, 0.2) is 53.6 Å². The van der Waals surface area contributed by atoms with Crippen molar-refractivity contribution in [3.63, 3.8) is 0 Å². The molecule has 0 aliphatic heterocycles. The molecule has 0 radical (unpaired) electrons. The van der Waals surface area contributed by atoms with E-state index in [9.17, 15) is 8.42 Å². The van der Waals surface area contributed by atoms with Crippen LogP contribution in [-0.2, 0) is 10.0 Å². The van der Waals surface area contributed by atoms with Gasteiger partial charge in [-0.1, -0.05) is 17.7 Å². The molecule has 0 bridgehead atoms. The van der Waals surface area contributed by atoms with Gasteiger partial charge in [-0.25, -0.2) is 13.1 Å². The van der Waals surface area contributed by atoms with Crippen LogP contribution in [0.1, 0.15) is 18.3 Å². The van der Waals surface area contributed by atoms with Gasteiger partial charge >= 0.3 is 0 Å². The molecule has 3 rings (SSSR count). The minimum absolute atomic E-state index is 0.167. The number of aromatic nitrogens is 3. The molecule has 1 aromatic carbocycles. The SMILES string of the molecule is CSCCC(NS(=O)(=O)c1ccc(Cl)cc1)c1nnc2ccccn12. The Morgan fingerprint density at radius 2 is 1.96 bits per heavy atom. The Bertz CT molecular complexity index is 958. The van der Waals surface area contributed by atoms with Crippen molar-refractivity contribution in [1.82, 2.24) is 19.3 Å². The molecule has 0 aliphatic carbocycles. The predicted octanol–water partition coefficient (Wildman–Crippen LogP) is 3.16. The molecule has 25 heavy (non-hydrogen) atoms. The maximum absolute atomic E-state index is 12.7. The lowest BCUT2D eigenvalue weighted by Crippen LogP contribution is -2.30. The highest BCUT2D eigenvalue weighted by Gasteiger charge is 2.25. The highest BCUT2D eigenvalue weighted by atomic mass is 35.5. The third-order valence-corrected chi connectivity index (χ3v) is 6.07. The number of pyridine rings is 1. The molecular weight excluding hydrogens is 380 g/mol. The summed E-state index contributed by atoms with van der Waals surface area (Å²) < 4.78 is 30.0. The van der Waals surface area contributed by atoms with E-state index in [4.69, 9.17) is 11.6 Å². The number of sulfonamides is 1. The van der Waals surface area contributed by atoms with E-state index in [0.717, 1.165) is 5.75 Å². The molecule has 9 heteroatoms. The fraction of sp³-hybridized carbons (Fsp3) is 0.250. The first kappa shape index (κ1) is 18.2. The molecule has 6 nitrogen and oxygen atoms in total. The Labute approximate surface area is 155 Å². The number of nitrogens with one attached hydrogen (secondary N) is 1. The van der Waals surface area contributed by atoms with Crippen LogP contribution in [0.25, 0.3) is 5.65 Å². The summed E-state index contributed by atoms with van der Waals surface area (Å²) in [6.07, 6.45) is 4.41. The summed E-state index contributed by atoms with van der Waals surface area (Å²) in [5, 5.41) is 8.80. The van der Waals surface area contributed by atoms with Crippen LogP contribution in [0.2, 0.25) is 5.02 Å². The van der Waals surface area contributed by atoms with Crippen LogP contribution in [0.4, 0.5) is 0 Å². The van der Waals surface area contributed by atoms with Crippen LogP contribution < -0.4 is 4.72 Å². The normalized spacial score (nSPS) is 13.2. The fourth-order valence-corrected chi connectivity index (χ4v) is 4.27. The highest BCUT2D eigenvalue weighted by molar-refractivity contribution is 7.98. The average Bonchev–Trinajstić information content (AvgIpc) is 3.03. The lowest BCUT2D eigenvalue weighted by Gasteiger charge is -2.17. The van der Waals surface area contributed by atoms with Crippen molar-refractivity contribution < 1.29 is 8.42 Å². The molecule has 2 heterocycles. The Morgan fingerprint density at radius 3 is 2.68 bits per heavy atom. The van der Waals surface area contributed by atoms with Crippen molar-refractivity contribution in [2.24, 2.45) is 0 Å². The first-order valence-electron chi connectivity index (χ1n) is 7.58. The topological polar surface area (TPSA) is 76.4 Å². The summed E-state index contributed by atoms with van der Waals surface area (Å²) in [4.78, 5) is 0.167. The molecular formula is C16H17ClN4O2S2. The molecule has 0 amide bonds. The van der Waals surface area contributed by atoms with Gasteiger partial charge in [0.15, 0.2) is 11.5 Å². The molecule has 1 N–H and O–H groups in total. The van der Waals surface area contributed by atoms with Crippen LogP contribution in [0, 0.1) is 0 Å². The monoisotopic (exact) mass is 396 g/mol. The van der Waals surface area contributed by atoms with Crippen LogP contribution in [0.3, 0.4) is 0 Å². The van der Waals surface area contributed by atoms with Gasteiger partial charge in [-0.05, 0) is 54.8 Å². The van der Waals surface area contributed by atoms with E-state index in [2.05, 4.69) is 14.9 Å². The van der Waals surface area contributed by atoms with Crippen LogP contribution >= 0.6 is 23.4 Å². The van der Waals surface area contributed by atoms with E-state index >= 15 is 0 Å². The Balaban J connectivity index is 1.94. The minimum atomic E-state index is -3.70. The summed E-state index contributed by atoms with van der Waals surface area (Å²) in [5.74, 6) is 1.36. The van der Waals surface area contributed by atoms with E-state index < -0.39 is 16.1 Å². The lowest BCUT2D eigenvalue weighted by atomic mass is 10.2. The third kappa shape index (κ3) is 4.14. The Hall–Kier alpha value is -1.61. The van der Waals surface area contributed by atoms with Gasteiger partial charge in [-0.2, -0.15) is 11.8 Å². The van der Waals surface area contributed by atoms with Crippen molar-refractivity contribution in [3.8, 4) is 0 Å². The molecule has 0 saturated carbocycles. The number of fused-ring (bicyclic) bond motifs is 1. The van der Waals surface area contributed by atoms with Crippen molar-refractivity contribution in [2.45, 2.75) is 17.4 Å². The van der Waals surface area contributed by atoms with E-state index in [0.29, 0.717) is 22.9 Å². The third-order valence-electron chi connectivity index (χ3n) is 3.68. The number of nitrogens with zero attached hydrogens (tertiary/aromatic N) is 3. The molecule has 0 aliphatic rings. The maximum atomic E-state index is 12.7. The number of rotatable bonds is 7. The largest absolute Gasteiger partial charge is 0.285 e. The van der Waals surface area contributed by atoms with Gasteiger partial charge in [-0.15, -0.1) is 10.2 Å². The Kier molecular flexibility index (Phi) is 5.63. The van der Waals surface area contributed by atoms with E-state index in [-0.39, 0.29) is 4.90 Å². The predicted molar refractivity (Wildman–Crippen MR) is 101 cm³/mol. The van der Waals surface area contributed by atoms with E-state index in [1.807, 2.05) is 30.7 Å². The molecule has 0 fully saturated rings. The first-order chi connectivity index (χ1) is 12.0. The summed E-state index contributed by atoms with van der Waals surface area (Å²) >= 11 is 7.49. The first-order valence-corrected chi connectivity index (χ1v) is 10.8. The van der Waals surface area contributed by atoms with Crippen molar-refractivity contribution in [1.29, 1.82) is 0 Å². The average molecular weight is 397 g/mol. The summed E-state index contributed by atoms with van der Waals surface area (Å²) in [6.45, 7) is 0. The number of hydrogen-bond acceptors (Lipinski definition) is 5. The molecule has 3 aromatic rings. The fourth-order valence-electron chi connectivity index (χ4n) is 2.44. The molecule has 1 unspecified atom stereocenters. The van der Waals surface area contributed by atoms with E-state index in [1.54, 1.807) is 28.3 Å². The molecule has 1 atom stereocenters. The number of benzene rings is 1. The second-order valence-corrected chi connectivity index (χ2v) is 8.53. The lowest BCUT2D eigenvalue weighted by molar-refractivity contribution is 0.536. The van der Waals surface area contributed by atoms with Gasteiger partial charge in [0.1, 0.15) is 0 Å². The van der Waals surface area contributed by atoms with Gasteiger partial charge in [-0.3, -0.25) is 4.40 Å². The van der Waals surface area contributed by atoms with Crippen molar-refractivity contribution >= 4 is 39.0 Å². The minimum Gasteiger partial charge on any atom is -0.285 e. The van der Waals surface area contributed by atoms with Crippen molar-refractivity contribution in [2.75, 3.05) is 12.0 Å². The zero-order chi connectivity index (χ0) is 17.9. The molecule has 2 aromatic heterocycles. The van der Waals surface area contributed by atoms with Gasteiger partial charge < -0.3 is 0 Å². The van der Waals surface area contributed by atoms with Gasteiger partial charge in [0.05, 0.1) is 10.9 Å². The van der Waals surface area contributed by atoms with Gasteiger partial charge in [0.25, 0.3) is 0 Å².